The Hall–Kier alpha value is -1.03. The summed E-state index contributed by atoms with van der Waals surface area (Å²) in [6.07, 6.45) is 4.75. The molecule has 1 aromatic carbocycles. The van der Waals surface area contributed by atoms with Crippen molar-refractivity contribution in [3.05, 3.63) is 59.4 Å². The van der Waals surface area contributed by atoms with Gasteiger partial charge in [-0.05, 0) is 42.8 Å². The topological polar surface area (TPSA) is 24.9 Å². The van der Waals surface area contributed by atoms with Gasteiger partial charge < -0.3 is 5.32 Å². The zero-order chi connectivity index (χ0) is 14.2. The van der Waals surface area contributed by atoms with Crippen molar-refractivity contribution >= 4 is 23.4 Å². The van der Waals surface area contributed by atoms with Crippen molar-refractivity contribution in [1.82, 2.24) is 10.3 Å². The van der Waals surface area contributed by atoms with Crippen molar-refractivity contribution < 1.29 is 0 Å². The van der Waals surface area contributed by atoms with Crippen molar-refractivity contribution in [2.75, 3.05) is 12.3 Å². The molecule has 2 rings (SSSR count). The van der Waals surface area contributed by atoms with Gasteiger partial charge in [-0.3, -0.25) is 4.98 Å². The largest absolute Gasteiger partial charge is 0.313 e. The van der Waals surface area contributed by atoms with Crippen LogP contribution in [0.25, 0.3) is 0 Å². The van der Waals surface area contributed by atoms with Crippen LogP contribution >= 0.6 is 23.4 Å². The van der Waals surface area contributed by atoms with Gasteiger partial charge in [0.25, 0.3) is 0 Å². The first-order chi connectivity index (χ1) is 9.78. The van der Waals surface area contributed by atoms with E-state index in [2.05, 4.69) is 29.4 Å². The molecular weight excluding hydrogens is 288 g/mol. The predicted octanol–water partition coefficient (Wildman–Crippen LogP) is 4.05. The number of halogens is 1. The molecule has 1 unspecified atom stereocenters. The molecule has 106 valence electrons. The van der Waals surface area contributed by atoms with Gasteiger partial charge in [0.2, 0.25) is 0 Å². The molecule has 0 aliphatic heterocycles. The number of likely N-dealkylation sites (N-methyl/N-ethyl adjacent to an activating group) is 1. The average Bonchev–Trinajstić information content (AvgIpc) is 2.46. The average molecular weight is 307 g/mol. The lowest BCUT2D eigenvalue weighted by atomic mass is 10.1. The molecule has 0 fully saturated rings. The summed E-state index contributed by atoms with van der Waals surface area (Å²) in [4.78, 5) is 5.39. The zero-order valence-electron chi connectivity index (χ0n) is 11.6. The van der Waals surface area contributed by atoms with Gasteiger partial charge >= 0.3 is 0 Å². The van der Waals surface area contributed by atoms with Crippen LogP contribution in [-0.4, -0.2) is 23.3 Å². The van der Waals surface area contributed by atoms with E-state index in [1.165, 1.54) is 10.5 Å². The van der Waals surface area contributed by atoms with Crippen molar-refractivity contribution in [1.29, 1.82) is 0 Å². The van der Waals surface area contributed by atoms with Gasteiger partial charge in [0.05, 0.1) is 0 Å². The van der Waals surface area contributed by atoms with Crippen LogP contribution in [-0.2, 0) is 6.42 Å². The van der Waals surface area contributed by atoms with Crippen LogP contribution in [0.4, 0.5) is 0 Å². The van der Waals surface area contributed by atoms with Gasteiger partial charge in [-0.2, -0.15) is 0 Å². The molecule has 0 amide bonds. The lowest BCUT2D eigenvalue weighted by Crippen LogP contribution is -2.33. The number of pyridine rings is 1. The minimum absolute atomic E-state index is 0.438. The van der Waals surface area contributed by atoms with Gasteiger partial charge in [-0.1, -0.05) is 30.7 Å². The van der Waals surface area contributed by atoms with Crippen LogP contribution in [0.15, 0.2) is 53.7 Å². The van der Waals surface area contributed by atoms with Crippen LogP contribution in [0.5, 0.6) is 0 Å². The first-order valence-electron chi connectivity index (χ1n) is 6.78. The third kappa shape index (κ3) is 5.16. The molecule has 0 saturated carbocycles. The molecule has 1 aromatic heterocycles. The standard InChI is InChI=1S/C16H19ClN2S/c1-2-19-15(9-13-5-4-8-18-11-13)12-20-16-7-3-6-14(17)10-16/h3-8,10-11,15,19H,2,9,12H2,1H3. The van der Waals surface area contributed by atoms with E-state index in [4.69, 9.17) is 11.6 Å². The van der Waals surface area contributed by atoms with Crippen molar-refractivity contribution in [2.24, 2.45) is 0 Å². The maximum absolute atomic E-state index is 6.01. The number of hydrogen-bond acceptors (Lipinski definition) is 3. The fourth-order valence-electron chi connectivity index (χ4n) is 2.04. The molecule has 0 saturated heterocycles. The molecule has 1 atom stereocenters. The Morgan fingerprint density at radius 1 is 1.30 bits per heavy atom. The summed E-state index contributed by atoms with van der Waals surface area (Å²) < 4.78 is 0. The lowest BCUT2D eigenvalue weighted by molar-refractivity contribution is 0.572. The third-order valence-electron chi connectivity index (χ3n) is 2.94. The molecule has 2 nitrogen and oxygen atoms in total. The summed E-state index contributed by atoms with van der Waals surface area (Å²) in [6.45, 7) is 3.11. The van der Waals surface area contributed by atoms with Gasteiger partial charge in [0.15, 0.2) is 0 Å². The Morgan fingerprint density at radius 2 is 2.20 bits per heavy atom. The SMILES string of the molecule is CCNC(CSc1cccc(Cl)c1)Cc1cccnc1. The molecule has 0 bridgehead atoms. The molecule has 0 radical (unpaired) electrons. The molecule has 0 spiro atoms. The maximum atomic E-state index is 6.01. The molecular formula is C16H19ClN2S. The van der Waals surface area contributed by atoms with E-state index in [1.807, 2.05) is 48.4 Å². The van der Waals surface area contributed by atoms with E-state index in [1.54, 1.807) is 0 Å². The van der Waals surface area contributed by atoms with Gasteiger partial charge in [-0.25, -0.2) is 0 Å². The van der Waals surface area contributed by atoms with Gasteiger partial charge in [0.1, 0.15) is 0 Å². The van der Waals surface area contributed by atoms with E-state index in [9.17, 15) is 0 Å². The van der Waals surface area contributed by atoms with Crippen molar-refractivity contribution in [2.45, 2.75) is 24.3 Å². The van der Waals surface area contributed by atoms with E-state index in [0.29, 0.717) is 6.04 Å². The summed E-state index contributed by atoms with van der Waals surface area (Å²) in [5.74, 6) is 1.02. The highest BCUT2D eigenvalue weighted by molar-refractivity contribution is 7.99. The fourth-order valence-corrected chi connectivity index (χ4v) is 3.31. The molecule has 0 aliphatic rings. The first kappa shape index (κ1) is 15.4. The normalized spacial score (nSPS) is 12.3. The Kier molecular flexibility index (Phi) is 6.37. The summed E-state index contributed by atoms with van der Waals surface area (Å²) in [5.41, 5.74) is 1.27. The number of thioether (sulfide) groups is 1. The Balaban J connectivity index is 1.92. The quantitative estimate of drug-likeness (QED) is 0.781. The van der Waals surface area contributed by atoms with Crippen LogP contribution in [0.3, 0.4) is 0 Å². The number of nitrogens with zero attached hydrogens (tertiary/aromatic N) is 1. The minimum Gasteiger partial charge on any atom is -0.313 e. The molecule has 0 aliphatic carbocycles. The number of hydrogen-bond donors (Lipinski definition) is 1. The Morgan fingerprint density at radius 3 is 2.90 bits per heavy atom. The highest BCUT2D eigenvalue weighted by Crippen LogP contribution is 2.22. The second kappa shape index (κ2) is 8.30. The van der Waals surface area contributed by atoms with Crippen molar-refractivity contribution in [3.8, 4) is 0 Å². The van der Waals surface area contributed by atoms with Crippen LogP contribution < -0.4 is 5.32 Å². The molecule has 1 N–H and O–H groups in total. The zero-order valence-corrected chi connectivity index (χ0v) is 13.1. The summed E-state index contributed by atoms with van der Waals surface area (Å²) in [5, 5.41) is 4.33. The highest BCUT2D eigenvalue weighted by Gasteiger charge is 2.09. The van der Waals surface area contributed by atoms with E-state index < -0.39 is 0 Å². The Bertz CT molecular complexity index is 519. The number of aromatic nitrogens is 1. The van der Waals surface area contributed by atoms with Crippen LogP contribution in [0.2, 0.25) is 5.02 Å². The number of benzene rings is 1. The Labute approximate surface area is 130 Å². The second-order valence-electron chi connectivity index (χ2n) is 4.59. The van der Waals surface area contributed by atoms with Crippen LogP contribution in [0, 0.1) is 0 Å². The minimum atomic E-state index is 0.438. The monoisotopic (exact) mass is 306 g/mol. The summed E-state index contributed by atoms with van der Waals surface area (Å²) in [7, 11) is 0. The summed E-state index contributed by atoms with van der Waals surface area (Å²) in [6, 6.07) is 12.6. The predicted molar refractivity (Wildman–Crippen MR) is 87.6 cm³/mol. The smallest absolute Gasteiger partial charge is 0.0417 e. The third-order valence-corrected chi connectivity index (χ3v) is 4.34. The van der Waals surface area contributed by atoms with Gasteiger partial charge in [0, 0.05) is 34.1 Å². The van der Waals surface area contributed by atoms with Gasteiger partial charge in [-0.15, -0.1) is 11.8 Å². The van der Waals surface area contributed by atoms with E-state index >= 15 is 0 Å². The molecule has 1 heterocycles. The maximum Gasteiger partial charge on any atom is 0.0417 e. The second-order valence-corrected chi connectivity index (χ2v) is 6.12. The van der Waals surface area contributed by atoms with E-state index in [0.717, 1.165) is 23.7 Å². The van der Waals surface area contributed by atoms with E-state index in [-0.39, 0.29) is 0 Å². The van der Waals surface area contributed by atoms with Crippen LogP contribution in [0.1, 0.15) is 12.5 Å². The summed E-state index contributed by atoms with van der Waals surface area (Å²) >= 11 is 7.85. The highest BCUT2D eigenvalue weighted by atomic mass is 35.5. The molecule has 2 aromatic rings. The fraction of sp³-hybridized carbons (Fsp3) is 0.312. The van der Waals surface area contributed by atoms with Crippen molar-refractivity contribution in [3.63, 3.8) is 0 Å². The number of rotatable bonds is 7. The molecule has 20 heavy (non-hydrogen) atoms. The first-order valence-corrected chi connectivity index (χ1v) is 8.15. The molecule has 4 heteroatoms. The lowest BCUT2D eigenvalue weighted by Gasteiger charge is -2.17. The number of nitrogens with one attached hydrogen (secondary N) is 1.